The third-order valence-corrected chi connectivity index (χ3v) is 9.22. The number of ether oxygens (including phenoxy) is 1. The highest BCUT2D eigenvalue weighted by Gasteiger charge is 2.73. The third kappa shape index (κ3) is 2.64. The standard InChI is InChI=1S/C29H30N2O4/c1-31-12-11-28-24-20-9-10-22(32)26(24)35-27(28)25(30-34-2)21(16-29(28,33)23(31)15-20)14-17-7-8-18-5-3-4-6-19(18)13-17/h3-10,13,21,23,27,32-33H,11-12,14-16H2,1-2H3/b30-25-/t21-,23+,27-,28-,29+/m0/s1. The maximum absolute atomic E-state index is 12.7. The van der Waals surface area contributed by atoms with E-state index in [-0.39, 0.29) is 17.7 Å². The summed E-state index contributed by atoms with van der Waals surface area (Å²) in [5.41, 5.74) is 2.55. The number of piperidine rings is 1. The second kappa shape index (κ2) is 7.21. The van der Waals surface area contributed by atoms with Gasteiger partial charge in [0.15, 0.2) is 17.6 Å². The second-order valence-electron chi connectivity index (χ2n) is 10.8. The van der Waals surface area contributed by atoms with Gasteiger partial charge in [-0.3, -0.25) is 0 Å². The molecule has 2 aliphatic carbocycles. The molecule has 3 aromatic rings. The van der Waals surface area contributed by atoms with Crippen molar-refractivity contribution in [2.75, 3.05) is 20.7 Å². The number of hydrogen-bond acceptors (Lipinski definition) is 6. The van der Waals surface area contributed by atoms with E-state index in [4.69, 9.17) is 9.57 Å². The smallest absolute Gasteiger partial charge is 0.166 e. The van der Waals surface area contributed by atoms with Gasteiger partial charge in [0.1, 0.15) is 12.8 Å². The van der Waals surface area contributed by atoms with E-state index in [1.165, 1.54) is 16.3 Å². The number of likely N-dealkylation sites (N-methyl/N-ethyl adjacent to an activating group) is 1. The van der Waals surface area contributed by atoms with Gasteiger partial charge in [-0.05, 0) is 67.2 Å². The van der Waals surface area contributed by atoms with E-state index < -0.39 is 17.1 Å². The highest BCUT2D eigenvalue weighted by atomic mass is 16.6. The number of oxime groups is 1. The zero-order valence-electron chi connectivity index (χ0n) is 20.1. The Morgan fingerprint density at radius 1 is 1.14 bits per heavy atom. The molecule has 180 valence electrons. The minimum atomic E-state index is -0.995. The molecule has 1 saturated carbocycles. The van der Waals surface area contributed by atoms with E-state index >= 15 is 0 Å². The number of phenols is 1. The molecule has 3 aromatic carbocycles. The van der Waals surface area contributed by atoms with Crippen molar-refractivity contribution in [2.24, 2.45) is 11.1 Å². The number of benzene rings is 3. The van der Waals surface area contributed by atoms with Crippen LogP contribution in [0.15, 0.2) is 59.8 Å². The van der Waals surface area contributed by atoms with E-state index in [1.807, 2.05) is 6.07 Å². The largest absolute Gasteiger partial charge is 0.504 e. The molecule has 1 saturated heterocycles. The molecule has 2 aliphatic heterocycles. The SMILES string of the molecule is CO/N=C1/[C@@H](Cc2ccc3ccccc3c2)C[C@@]2(O)[C@H]3Cc4ccc(O)c5c4[C@@]2(CCN3C)[C@H]1O5. The molecular weight excluding hydrogens is 440 g/mol. The van der Waals surface area contributed by atoms with Gasteiger partial charge in [-0.25, -0.2) is 0 Å². The molecule has 0 unspecified atom stereocenters. The number of nitrogens with zero attached hydrogens (tertiary/aromatic N) is 2. The van der Waals surface area contributed by atoms with Crippen molar-refractivity contribution < 1.29 is 19.8 Å². The van der Waals surface area contributed by atoms with Crippen LogP contribution >= 0.6 is 0 Å². The van der Waals surface area contributed by atoms with Crippen LogP contribution in [0.2, 0.25) is 0 Å². The van der Waals surface area contributed by atoms with Crippen LogP contribution in [0, 0.1) is 5.92 Å². The number of likely N-dealkylation sites (tertiary alicyclic amines) is 1. The van der Waals surface area contributed by atoms with Crippen molar-refractivity contribution in [3.63, 3.8) is 0 Å². The van der Waals surface area contributed by atoms with Crippen LogP contribution in [0.3, 0.4) is 0 Å². The highest BCUT2D eigenvalue weighted by molar-refractivity contribution is 5.96. The Morgan fingerprint density at radius 3 is 2.80 bits per heavy atom. The predicted octanol–water partition coefficient (Wildman–Crippen LogP) is 3.80. The maximum atomic E-state index is 12.7. The molecular formula is C29H30N2O4. The number of fused-ring (bicyclic) bond motifs is 1. The molecule has 0 amide bonds. The normalized spacial score (nSPS) is 34.0. The fourth-order valence-electron chi connectivity index (χ4n) is 7.74. The van der Waals surface area contributed by atoms with Crippen LogP contribution < -0.4 is 4.74 Å². The van der Waals surface area contributed by atoms with E-state index in [0.29, 0.717) is 12.2 Å². The molecule has 2 bridgehead atoms. The van der Waals surface area contributed by atoms with Gasteiger partial charge in [0.05, 0.1) is 11.0 Å². The summed E-state index contributed by atoms with van der Waals surface area (Å²) in [6, 6.07) is 18.6. The number of aromatic hydroxyl groups is 1. The van der Waals surface area contributed by atoms with Crippen molar-refractivity contribution in [3.8, 4) is 11.5 Å². The van der Waals surface area contributed by atoms with Crippen molar-refractivity contribution in [1.29, 1.82) is 0 Å². The van der Waals surface area contributed by atoms with Crippen LogP contribution in [0.4, 0.5) is 0 Å². The molecule has 6 heteroatoms. The topological polar surface area (TPSA) is 74.5 Å². The van der Waals surface area contributed by atoms with E-state index in [0.717, 1.165) is 42.6 Å². The van der Waals surface area contributed by atoms with Crippen molar-refractivity contribution in [1.82, 2.24) is 4.90 Å². The van der Waals surface area contributed by atoms with Crippen molar-refractivity contribution >= 4 is 16.5 Å². The lowest BCUT2D eigenvalue weighted by molar-refractivity contribution is -0.168. The number of rotatable bonds is 3. The van der Waals surface area contributed by atoms with Gasteiger partial charge in [-0.2, -0.15) is 0 Å². The third-order valence-electron chi connectivity index (χ3n) is 9.22. The van der Waals surface area contributed by atoms with Crippen molar-refractivity contribution in [3.05, 3.63) is 71.3 Å². The summed E-state index contributed by atoms with van der Waals surface area (Å²) in [5.74, 6) is 0.602. The molecule has 0 radical (unpaired) electrons. The molecule has 4 aliphatic rings. The lowest BCUT2D eigenvalue weighted by Crippen LogP contribution is -2.77. The first-order valence-electron chi connectivity index (χ1n) is 12.5. The summed E-state index contributed by atoms with van der Waals surface area (Å²) < 4.78 is 6.57. The molecule has 35 heavy (non-hydrogen) atoms. The lowest BCUT2D eigenvalue weighted by atomic mass is 9.47. The fraction of sp³-hybridized carbons (Fsp3) is 0.414. The van der Waals surface area contributed by atoms with Gasteiger partial charge in [-0.1, -0.05) is 53.7 Å². The Kier molecular flexibility index (Phi) is 4.37. The van der Waals surface area contributed by atoms with Gasteiger partial charge in [-0.15, -0.1) is 0 Å². The first-order valence-corrected chi connectivity index (χ1v) is 12.5. The Labute approximate surface area is 204 Å². The Hall–Kier alpha value is -3.09. The summed E-state index contributed by atoms with van der Waals surface area (Å²) >= 11 is 0. The minimum absolute atomic E-state index is 0.0199. The predicted molar refractivity (Wildman–Crippen MR) is 134 cm³/mol. The van der Waals surface area contributed by atoms with Gasteiger partial charge < -0.3 is 24.7 Å². The monoisotopic (exact) mass is 470 g/mol. The van der Waals surface area contributed by atoms with E-state index in [2.05, 4.69) is 59.6 Å². The first kappa shape index (κ1) is 21.2. The zero-order chi connectivity index (χ0) is 23.9. The zero-order valence-corrected chi connectivity index (χ0v) is 20.1. The number of phenolic OH excluding ortho intramolecular Hbond substituents is 1. The van der Waals surface area contributed by atoms with E-state index in [9.17, 15) is 10.2 Å². The molecule has 2 fully saturated rings. The molecule has 1 spiro atoms. The molecule has 2 heterocycles. The van der Waals surface area contributed by atoms with Crippen molar-refractivity contribution in [2.45, 2.75) is 48.8 Å². The Bertz CT molecular complexity index is 1390. The average molecular weight is 471 g/mol. The quantitative estimate of drug-likeness (QED) is 0.570. The summed E-state index contributed by atoms with van der Waals surface area (Å²) in [6.07, 6.45) is 2.33. The number of hydrogen-bond donors (Lipinski definition) is 2. The Morgan fingerprint density at radius 2 is 1.97 bits per heavy atom. The van der Waals surface area contributed by atoms with Crippen LogP contribution in [0.25, 0.3) is 10.8 Å². The van der Waals surface area contributed by atoms with E-state index in [1.54, 1.807) is 13.2 Å². The van der Waals surface area contributed by atoms with Crippen LogP contribution in [0.1, 0.15) is 29.5 Å². The van der Waals surface area contributed by atoms with Crippen LogP contribution in [-0.4, -0.2) is 59.3 Å². The average Bonchev–Trinajstić information content (AvgIpc) is 3.21. The molecule has 7 rings (SSSR count). The molecule has 5 atom stereocenters. The summed E-state index contributed by atoms with van der Waals surface area (Å²) in [5, 5.41) is 30.4. The molecule has 0 aromatic heterocycles. The van der Waals surface area contributed by atoms with Gasteiger partial charge >= 0.3 is 0 Å². The lowest BCUT2D eigenvalue weighted by Gasteiger charge is -2.63. The second-order valence-corrected chi connectivity index (χ2v) is 10.8. The summed E-state index contributed by atoms with van der Waals surface area (Å²) in [7, 11) is 3.69. The summed E-state index contributed by atoms with van der Waals surface area (Å²) in [4.78, 5) is 7.69. The van der Waals surface area contributed by atoms with Gasteiger partial charge in [0.2, 0.25) is 0 Å². The summed E-state index contributed by atoms with van der Waals surface area (Å²) in [6.45, 7) is 0.858. The molecule has 6 nitrogen and oxygen atoms in total. The minimum Gasteiger partial charge on any atom is -0.504 e. The van der Waals surface area contributed by atoms with Crippen LogP contribution in [0.5, 0.6) is 11.5 Å². The fourth-order valence-corrected chi connectivity index (χ4v) is 7.74. The number of aliphatic hydroxyl groups is 1. The maximum Gasteiger partial charge on any atom is 0.166 e. The Balaban J connectivity index is 1.38. The van der Waals surface area contributed by atoms with Gasteiger partial charge in [0.25, 0.3) is 0 Å². The van der Waals surface area contributed by atoms with Gasteiger partial charge in [0, 0.05) is 17.5 Å². The highest BCUT2D eigenvalue weighted by Crippen LogP contribution is 2.65. The first-order chi connectivity index (χ1) is 17.0. The van der Waals surface area contributed by atoms with Crippen LogP contribution in [-0.2, 0) is 23.1 Å². The molecule has 2 N–H and O–H groups in total.